The number of nitrogens with one attached hydrogen (secondary N) is 1. The van der Waals surface area contributed by atoms with Crippen molar-refractivity contribution in [3.05, 3.63) is 53.9 Å². The summed E-state index contributed by atoms with van der Waals surface area (Å²) in [7, 11) is 0. The van der Waals surface area contributed by atoms with Gasteiger partial charge >= 0.3 is 0 Å². The Morgan fingerprint density at radius 1 is 1.10 bits per heavy atom. The minimum absolute atomic E-state index is 0.0214. The number of ether oxygens (including phenoxy) is 1. The number of fused-ring (bicyclic) bond motifs is 1. The van der Waals surface area contributed by atoms with Crippen molar-refractivity contribution in [3.8, 4) is 5.75 Å². The molecule has 2 aromatic heterocycles. The van der Waals surface area contributed by atoms with Crippen LogP contribution in [0.1, 0.15) is 42.2 Å². The lowest BCUT2D eigenvalue weighted by Gasteiger charge is -2.27. The van der Waals surface area contributed by atoms with Gasteiger partial charge in [0.2, 0.25) is 0 Å². The molecule has 4 rings (SSSR count). The highest BCUT2D eigenvalue weighted by molar-refractivity contribution is 6.07. The van der Waals surface area contributed by atoms with Crippen LogP contribution in [0, 0.1) is 6.92 Å². The van der Waals surface area contributed by atoms with E-state index in [9.17, 15) is 4.79 Å². The molecule has 6 nitrogen and oxygen atoms in total. The number of aryl methyl sites for hydroxylation is 1. The molecule has 1 amide bonds. The van der Waals surface area contributed by atoms with E-state index in [0.717, 1.165) is 54.1 Å². The number of piperidine rings is 1. The lowest BCUT2D eigenvalue weighted by atomic mass is 10.1. The third-order valence-electron chi connectivity index (χ3n) is 5.18. The molecule has 1 aromatic carbocycles. The Kier molecular flexibility index (Phi) is 5.60. The van der Waals surface area contributed by atoms with Gasteiger partial charge in [0.15, 0.2) is 5.65 Å². The normalized spacial score (nSPS) is 14.1. The predicted octanol–water partition coefficient (Wildman–Crippen LogP) is 4.71. The minimum Gasteiger partial charge on any atom is -0.494 e. The topological polar surface area (TPSA) is 67.3 Å². The molecule has 29 heavy (non-hydrogen) atoms. The predicted molar refractivity (Wildman–Crippen MR) is 115 cm³/mol. The van der Waals surface area contributed by atoms with Crippen molar-refractivity contribution in [2.75, 3.05) is 25.0 Å². The van der Waals surface area contributed by atoms with Gasteiger partial charge in [0.05, 0.1) is 17.9 Å². The quantitative estimate of drug-likeness (QED) is 0.683. The zero-order valence-electron chi connectivity index (χ0n) is 16.9. The van der Waals surface area contributed by atoms with E-state index in [1.54, 1.807) is 6.20 Å². The molecule has 1 saturated heterocycles. The molecule has 3 heterocycles. The second-order valence-corrected chi connectivity index (χ2v) is 7.31. The molecule has 0 saturated carbocycles. The molecule has 0 unspecified atom stereocenters. The zero-order valence-corrected chi connectivity index (χ0v) is 16.9. The molecule has 6 heteroatoms. The van der Waals surface area contributed by atoms with E-state index in [1.807, 2.05) is 55.1 Å². The van der Waals surface area contributed by atoms with E-state index in [2.05, 4.69) is 15.3 Å². The van der Waals surface area contributed by atoms with Gasteiger partial charge in [-0.25, -0.2) is 9.97 Å². The average molecular weight is 390 g/mol. The van der Waals surface area contributed by atoms with E-state index in [1.165, 1.54) is 6.42 Å². The smallest absolute Gasteiger partial charge is 0.257 e. The van der Waals surface area contributed by atoms with Crippen LogP contribution >= 0.6 is 0 Å². The first-order valence-corrected chi connectivity index (χ1v) is 10.2. The lowest BCUT2D eigenvalue weighted by Crippen LogP contribution is -2.36. The number of hydrogen-bond donors (Lipinski definition) is 1. The summed E-state index contributed by atoms with van der Waals surface area (Å²) in [4.78, 5) is 24.2. The van der Waals surface area contributed by atoms with Crippen LogP contribution in [0.3, 0.4) is 0 Å². The minimum atomic E-state index is 0.0214. The van der Waals surface area contributed by atoms with Crippen LogP contribution in [0.2, 0.25) is 0 Å². The fourth-order valence-corrected chi connectivity index (χ4v) is 3.68. The molecule has 0 atom stereocenters. The summed E-state index contributed by atoms with van der Waals surface area (Å²) in [5.41, 5.74) is 3.75. The number of benzene rings is 1. The van der Waals surface area contributed by atoms with Crippen molar-refractivity contribution in [1.29, 1.82) is 0 Å². The molecule has 3 aromatic rings. The largest absolute Gasteiger partial charge is 0.494 e. The Hall–Kier alpha value is -3.15. The van der Waals surface area contributed by atoms with Gasteiger partial charge in [-0.15, -0.1) is 0 Å². The first-order valence-electron chi connectivity index (χ1n) is 10.2. The maximum absolute atomic E-state index is 13.3. The molecular formula is C23H26N4O2. The fraction of sp³-hybridized carbons (Fsp3) is 0.348. The molecule has 1 aliphatic heterocycles. The van der Waals surface area contributed by atoms with E-state index in [4.69, 9.17) is 4.74 Å². The number of carbonyl (C=O) groups excluding carboxylic acids is 1. The maximum atomic E-state index is 13.3. The number of anilines is 2. The third-order valence-corrected chi connectivity index (χ3v) is 5.18. The molecule has 0 aliphatic carbocycles. The number of pyridine rings is 2. The van der Waals surface area contributed by atoms with E-state index in [0.29, 0.717) is 17.8 Å². The molecule has 0 bridgehead atoms. The summed E-state index contributed by atoms with van der Waals surface area (Å²) in [6, 6.07) is 11.7. The SMILES string of the molecule is CCOc1ccc(Nc2c(C(=O)N3CCCCC3)cnc3nc(C)ccc23)cc1. The first-order chi connectivity index (χ1) is 14.2. The number of rotatable bonds is 5. The Bertz CT molecular complexity index is 1010. The lowest BCUT2D eigenvalue weighted by molar-refractivity contribution is 0.0725. The van der Waals surface area contributed by atoms with Gasteiger partial charge < -0.3 is 15.0 Å². The first kappa shape index (κ1) is 19.2. The molecule has 0 spiro atoms. The summed E-state index contributed by atoms with van der Waals surface area (Å²) < 4.78 is 5.53. The van der Waals surface area contributed by atoms with Crippen LogP contribution in [-0.2, 0) is 0 Å². The van der Waals surface area contributed by atoms with Gasteiger partial charge in [0, 0.05) is 36.1 Å². The number of hydrogen-bond acceptors (Lipinski definition) is 5. The molecule has 150 valence electrons. The Morgan fingerprint density at radius 3 is 2.59 bits per heavy atom. The second kappa shape index (κ2) is 8.47. The second-order valence-electron chi connectivity index (χ2n) is 7.31. The zero-order chi connectivity index (χ0) is 20.2. The van der Waals surface area contributed by atoms with Crippen LogP contribution in [-0.4, -0.2) is 40.5 Å². The monoisotopic (exact) mass is 390 g/mol. The van der Waals surface area contributed by atoms with Crippen molar-refractivity contribution in [3.63, 3.8) is 0 Å². The Morgan fingerprint density at radius 2 is 1.86 bits per heavy atom. The van der Waals surface area contributed by atoms with Gasteiger partial charge in [-0.2, -0.15) is 0 Å². The summed E-state index contributed by atoms with van der Waals surface area (Å²) in [5.74, 6) is 0.840. The number of amides is 1. The molecule has 0 radical (unpaired) electrons. The number of carbonyl (C=O) groups is 1. The molecule has 1 aliphatic rings. The van der Waals surface area contributed by atoms with Crippen molar-refractivity contribution in [2.24, 2.45) is 0 Å². The van der Waals surface area contributed by atoms with E-state index < -0.39 is 0 Å². The van der Waals surface area contributed by atoms with Crippen LogP contribution in [0.4, 0.5) is 11.4 Å². The number of likely N-dealkylation sites (tertiary alicyclic amines) is 1. The van der Waals surface area contributed by atoms with Crippen molar-refractivity contribution < 1.29 is 9.53 Å². The van der Waals surface area contributed by atoms with Crippen LogP contribution in [0.15, 0.2) is 42.6 Å². The average Bonchev–Trinajstić information content (AvgIpc) is 2.75. The number of aromatic nitrogens is 2. The maximum Gasteiger partial charge on any atom is 0.257 e. The fourth-order valence-electron chi connectivity index (χ4n) is 3.68. The molecule has 1 N–H and O–H groups in total. The Labute approximate surface area is 170 Å². The highest BCUT2D eigenvalue weighted by atomic mass is 16.5. The summed E-state index contributed by atoms with van der Waals surface area (Å²) in [5, 5.41) is 4.28. The van der Waals surface area contributed by atoms with Crippen LogP contribution in [0.25, 0.3) is 11.0 Å². The van der Waals surface area contributed by atoms with Gasteiger partial charge in [0.1, 0.15) is 5.75 Å². The van der Waals surface area contributed by atoms with Gasteiger partial charge in [-0.3, -0.25) is 4.79 Å². The van der Waals surface area contributed by atoms with Gasteiger partial charge in [0.25, 0.3) is 5.91 Å². The molecular weight excluding hydrogens is 364 g/mol. The van der Waals surface area contributed by atoms with Crippen LogP contribution in [0.5, 0.6) is 5.75 Å². The van der Waals surface area contributed by atoms with E-state index >= 15 is 0 Å². The summed E-state index contributed by atoms with van der Waals surface area (Å²) >= 11 is 0. The van der Waals surface area contributed by atoms with Crippen LogP contribution < -0.4 is 10.1 Å². The van der Waals surface area contributed by atoms with Gasteiger partial charge in [-0.05, 0) is 69.5 Å². The summed E-state index contributed by atoms with van der Waals surface area (Å²) in [6.45, 7) is 6.12. The highest BCUT2D eigenvalue weighted by Crippen LogP contribution is 2.31. The van der Waals surface area contributed by atoms with Crippen molar-refractivity contribution in [1.82, 2.24) is 14.9 Å². The van der Waals surface area contributed by atoms with Crippen molar-refractivity contribution >= 4 is 28.3 Å². The van der Waals surface area contributed by atoms with E-state index in [-0.39, 0.29) is 5.91 Å². The standard InChI is InChI=1S/C23H26N4O2/c1-3-29-18-10-8-17(9-11-18)26-21-19-12-7-16(2)25-22(19)24-15-20(21)23(28)27-13-5-4-6-14-27/h7-12,15H,3-6,13-14H2,1-2H3,(H,24,25,26). The van der Waals surface area contributed by atoms with Crippen molar-refractivity contribution in [2.45, 2.75) is 33.1 Å². The van der Waals surface area contributed by atoms with Gasteiger partial charge in [-0.1, -0.05) is 0 Å². The third kappa shape index (κ3) is 4.16. The molecule has 1 fully saturated rings. The number of nitrogens with zero attached hydrogens (tertiary/aromatic N) is 3. The highest BCUT2D eigenvalue weighted by Gasteiger charge is 2.23. The Balaban J connectivity index is 1.74. The summed E-state index contributed by atoms with van der Waals surface area (Å²) in [6.07, 6.45) is 4.94.